The van der Waals surface area contributed by atoms with Crippen LogP contribution in [0.3, 0.4) is 0 Å². The number of methoxy groups -OCH3 is 1. The number of fused-ring (bicyclic) bond motifs is 2. The maximum absolute atomic E-state index is 13.3. The minimum atomic E-state index is -0.494. The van der Waals surface area contributed by atoms with Crippen LogP contribution in [0.15, 0.2) is 41.5 Å². The second-order valence-corrected chi connectivity index (χ2v) is 9.29. The molecule has 1 aromatic heterocycles. The van der Waals surface area contributed by atoms with Crippen molar-refractivity contribution in [2.75, 3.05) is 12.0 Å². The van der Waals surface area contributed by atoms with Crippen LogP contribution in [-0.4, -0.2) is 31.0 Å². The fraction of sp³-hybridized carbons (Fsp3) is 0.320. The number of amides is 2. The fourth-order valence-electron chi connectivity index (χ4n) is 4.54. The number of ether oxygens (including phenoxy) is 2. The Kier molecular flexibility index (Phi) is 5.21. The zero-order valence-electron chi connectivity index (χ0n) is 18.0. The molecule has 2 amide bonds. The summed E-state index contributed by atoms with van der Waals surface area (Å²) in [5.41, 5.74) is 3.47. The van der Waals surface area contributed by atoms with Gasteiger partial charge in [0.25, 0.3) is 5.91 Å². The smallest absolute Gasteiger partial charge is 0.341 e. The number of rotatable bonds is 3. The van der Waals surface area contributed by atoms with Crippen molar-refractivity contribution < 1.29 is 23.9 Å². The van der Waals surface area contributed by atoms with E-state index in [-0.39, 0.29) is 24.3 Å². The van der Waals surface area contributed by atoms with Gasteiger partial charge in [0, 0.05) is 16.0 Å². The van der Waals surface area contributed by atoms with Crippen LogP contribution in [-0.2, 0) is 27.2 Å². The van der Waals surface area contributed by atoms with Crippen LogP contribution in [0.2, 0.25) is 0 Å². The molecular formula is C25H23NO5S. The topological polar surface area (TPSA) is 72.9 Å². The lowest BCUT2D eigenvalue weighted by molar-refractivity contribution is -0.120. The van der Waals surface area contributed by atoms with E-state index in [0.29, 0.717) is 16.1 Å². The van der Waals surface area contributed by atoms with Gasteiger partial charge in [-0.3, -0.25) is 9.59 Å². The molecule has 1 aromatic carbocycles. The normalized spacial score (nSPS) is 21.2. The molecule has 1 fully saturated rings. The Hall–Kier alpha value is -3.19. The molecule has 3 aliphatic rings. The number of esters is 1. The highest BCUT2D eigenvalue weighted by Crippen LogP contribution is 2.43. The van der Waals surface area contributed by atoms with Crippen LogP contribution in [0.5, 0.6) is 5.75 Å². The van der Waals surface area contributed by atoms with E-state index in [1.165, 1.54) is 23.3 Å². The number of carbonyl (C=O) groups is 3. The van der Waals surface area contributed by atoms with Crippen molar-refractivity contribution in [3.05, 3.63) is 63.1 Å². The van der Waals surface area contributed by atoms with Gasteiger partial charge in [0.05, 0.1) is 19.1 Å². The van der Waals surface area contributed by atoms with Crippen molar-refractivity contribution in [1.29, 1.82) is 0 Å². The predicted octanol–water partition coefficient (Wildman–Crippen LogP) is 4.47. The van der Waals surface area contributed by atoms with E-state index >= 15 is 0 Å². The molecule has 32 heavy (non-hydrogen) atoms. The lowest BCUT2D eigenvalue weighted by atomic mass is 9.95. The average Bonchev–Trinajstić information content (AvgIpc) is 3.30. The van der Waals surface area contributed by atoms with Crippen LogP contribution in [0.25, 0.3) is 6.08 Å². The van der Waals surface area contributed by atoms with Crippen molar-refractivity contribution >= 4 is 40.2 Å². The first-order chi connectivity index (χ1) is 15.5. The second-order valence-electron chi connectivity index (χ2n) is 8.21. The van der Waals surface area contributed by atoms with Gasteiger partial charge >= 0.3 is 5.97 Å². The van der Waals surface area contributed by atoms with Gasteiger partial charge in [0.1, 0.15) is 16.9 Å². The summed E-state index contributed by atoms with van der Waals surface area (Å²) in [5, 5.41) is 0.398. The lowest BCUT2D eigenvalue weighted by Crippen LogP contribution is -2.30. The molecular weight excluding hydrogens is 426 g/mol. The summed E-state index contributed by atoms with van der Waals surface area (Å²) in [7, 11) is 1.33. The molecule has 2 aromatic rings. The third-order valence-corrected chi connectivity index (χ3v) is 7.45. The molecule has 3 heterocycles. The maximum atomic E-state index is 13.3. The van der Waals surface area contributed by atoms with Gasteiger partial charge in [-0.2, -0.15) is 0 Å². The zero-order valence-corrected chi connectivity index (χ0v) is 18.8. The van der Waals surface area contributed by atoms with Crippen molar-refractivity contribution in [1.82, 2.24) is 0 Å². The number of thiophene rings is 1. The van der Waals surface area contributed by atoms with Crippen molar-refractivity contribution in [2.45, 2.75) is 45.1 Å². The number of para-hydroxylation sites is 1. The number of carbonyl (C=O) groups excluding carboxylic acids is 3. The van der Waals surface area contributed by atoms with Crippen molar-refractivity contribution in [3.8, 4) is 5.75 Å². The van der Waals surface area contributed by atoms with E-state index < -0.39 is 5.97 Å². The Labute approximate surface area is 190 Å². The van der Waals surface area contributed by atoms with Gasteiger partial charge in [-0.25, -0.2) is 9.69 Å². The number of hydrogen-bond donors (Lipinski definition) is 0. The molecule has 0 spiro atoms. The molecule has 0 saturated carbocycles. The van der Waals surface area contributed by atoms with Crippen LogP contribution in [0, 0.1) is 0 Å². The average molecular weight is 450 g/mol. The van der Waals surface area contributed by atoms with Gasteiger partial charge in [-0.1, -0.05) is 18.2 Å². The van der Waals surface area contributed by atoms with E-state index in [1.54, 1.807) is 6.08 Å². The monoisotopic (exact) mass is 449 g/mol. The highest BCUT2D eigenvalue weighted by atomic mass is 32.1. The minimum absolute atomic E-state index is 0.00623. The van der Waals surface area contributed by atoms with Gasteiger partial charge in [0.15, 0.2) is 0 Å². The third-order valence-electron chi connectivity index (χ3n) is 6.17. The van der Waals surface area contributed by atoms with Crippen molar-refractivity contribution in [2.24, 2.45) is 0 Å². The van der Waals surface area contributed by atoms with E-state index in [4.69, 9.17) is 9.47 Å². The van der Waals surface area contributed by atoms with Gasteiger partial charge in [0.2, 0.25) is 5.91 Å². The van der Waals surface area contributed by atoms with Gasteiger partial charge in [-0.05, 0) is 62.0 Å². The molecule has 0 bridgehead atoms. The zero-order chi connectivity index (χ0) is 22.4. The summed E-state index contributed by atoms with van der Waals surface area (Å²) in [4.78, 5) is 41.1. The summed E-state index contributed by atoms with van der Waals surface area (Å²) < 4.78 is 11.0. The predicted molar refractivity (Wildman–Crippen MR) is 122 cm³/mol. The standard InChI is InChI=1S/C25H23NO5S/c1-14-16(11-15-7-3-5-9-19(15)31-14)12-17-13-21(27)26(23(17)28)24-22(25(29)30-2)18-8-4-6-10-20(18)32-24/h3,5,7,9,11-12,14H,4,6,8,10,13H2,1-2H3. The fourth-order valence-corrected chi connectivity index (χ4v) is 5.93. The Morgan fingerprint density at radius 3 is 2.81 bits per heavy atom. The highest BCUT2D eigenvalue weighted by molar-refractivity contribution is 7.17. The number of anilines is 1. The Morgan fingerprint density at radius 1 is 1.22 bits per heavy atom. The first kappa shape index (κ1) is 20.7. The van der Waals surface area contributed by atoms with Crippen LogP contribution in [0.1, 0.15) is 52.5 Å². The molecule has 0 N–H and O–H groups in total. The molecule has 2 aliphatic heterocycles. The summed E-state index contributed by atoms with van der Waals surface area (Å²) in [6, 6.07) is 7.70. The van der Waals surface area contributed by atoms with Crippen LogP contribution < -0.4 is 9.64 Å². The Morgan fingerprint density at radius 2 is 2.00 bits per heavy atom. The Balaban J connectivity index is 1.53. The summed E-state index contributed by atoms with van der Waals surface area (Å²) in [5.74, 6) is -0.406. The third kappa shape index (κ3) is 3.37. The number of imide groups is 1. The number of benzene rings is 1. The maximum Gasteiger partial charge on any atom is 0.341 e. The second kappa shape index (κ2) is 8.06. The van der Waals surface area contributed by atoms with Crippen molar-refractivity contribution in [3.63, 3.8) is 0 Å². The molecule has 5 rings (SSSR count). The lowest BCUT2D eigenvalue weighted by Gasteiger charge is -2.23. The molecule has 6 nitrogen and oxygen atoms in total. The number of hydrogen-bond acceptors (Lipinski definition) is 6. The molecule has 1 aliphatic carbocycles. The molecule has 7 heteroatoms. The van der Waals surface area contributed by atoms with Gasteiger partial charge < -0.3 is 9.47 Å². The highest BCUT2D eigenvalue weighted by Gasteiger charge is 2.40. The van der Waals surface area contributed by atoms with Gasteiger partial charge in [-0.15, -0.1) is 11.3 Å². The first-order valence-corrected chi connectivity index (χ1v) is 11.6. The molecule has 0 radical (unpaired) electrons. The molecule has 1 atom stereocenters. The first-order valence-electron chi connectivity index (χ1n) is 10.8. The van der Waals surface area contributed by atoms with Crippen LogP contribution >= 0.6 is 11.3 Å². The number of nitrogens with zero attached hydrogens (tertiary/aromatic N) is 1. The molecule has 1 unspecified atom stereocenters. The van der Waals surface area contributed by atoms with E-state index in [2.05, 4.69) is 0 Å². The van der Waals surface area contributed by atoms with E-state index in [1.807, 2.05) is 37.3 Å². The van der Waals surface area contributed by atoms with Crippen LogP contribution in [0.4, 0.5) is 5.00 Å². The van der Waals surface area contributed by atoms with E-state index in [0.717, 1.165) is 53.0 Å². The largest absolute Gasteiger partial charge is 0.485 e. The SMILES string of the molecule is COC(=O)c1c(N2C(=O)CC(=CC3=Cc4ccccc4OC3C)C2=O)sc2c1CCCC2. The quantitative estimate of drug-likeness (QED) is 0.393. The summed E-state index contributed by atoms with van der Waals surface area (Å²) >= 11 is 1.37. The number of aryl methyl sites for hydroxylation is 1. The molecule has 1 saturated heterocycles. The molecule has 164 valence electrons. The summed E-state index contributed by atoms with van der Waals surface area (Å²) in [6.07, 6.45) is 7.12. The minimum Gasteiger partial charge on any atom is -0.485 e. The van der Waals surface area contributed by atoms with E-state index in [9.17, 15) is 14.4 Å². The summed E-state index contributed by atoms with van der Waals surface area (Å²) in [6.45, 7) is 1.92. The Bertz CT molecular complexity index is 1200.